The summed E-state index contributed by atoms with van der Waals surface area (Å²) in [4.78, 5) is 29.9. The zero-order chi connectivity index (χ0) is 19.0. The van der Waals surface area contributed by atoms with Crippen LogP contribution in [-0.2, 0) is 9.59 Å². The van der Waals surface area contributed by atoms with Crippen molar-refractivity contribution in [3.05, 3.63) is 69.8 Å². The van der Waals surface area contributed by atoms with Crippen LogP contribution in [0.1, 0.15) is 24.8 Å². The monoisotopic (exact) mass is 400 g/mol. The maximum atomic E-state index is 13.3. The Bertz CT molecular complexity index is 931. The largest absolute Gasteiger partial charge is 0.366 e. The molecule has 2 aromatic carbocycles. The number of imide groups is 1. The van der Waals surface area contributed by atoms with Gasteiger partial charge < -0.3 is 4.90 Å². The average molecular weight is 401 g/mol. The molecule has 2 aromatic rings. The van der Waals surface area contributed by atoms with Crippen LogP contribution in [0.5, 0.6) is 0 Å². The second-order valence-electron chi connectivity index (χ2n) is 6.70. The molecule has 0 unspecified atom stereocenters. The number of benzene rings is 2. The second kappa shape index (κ2) is 7.37. The number of carbonyl (C=O) groups excluding carboxylic acids is 2. The lowest BCUT2D eigenvalue weighted by Crippen LogP contribution is -2.37. The van der Waals surface area contributed by atoms with Gasteiger partial charge in [0.1, 0.15) is 5.70 Å². The van der Waals surface area contributed by atoms with E-state index in [4.69, 9.17) is 23.2 Å². The molecule has 4 rings (SSSR count). The fourth-order valence-corrected chi connectivity index (χ4v) is 3.97. The van der Waals surface area contributed by atoms with Gasteiger partial charge in [-0.2, -0.15) is 0 Å². The van der Waals surface area contributed by atoms with Crippen LogP contribution in [0.4, 0.5) is 5.69 Å². The Morgan fingerprint density at radius 1 is 0.778 bits per heavy atom. The lowest BCUT2D eigenvalue weighted by molar-refractivity contribution is -0.120. The van der Waals surface area contributed by atoms with Gasteiger partial charge in [0, 0.05) is 23.1 Å². The lowest BCUT2D eigenvalue weighted by atomic mass is 10.0. The molecule has 2 heterocycles. The van der Waals surface area contributed by atoms with Crippen molar-refractivity contribution in [1.29, 1.82) is 0 Å². The number of carbonyl (C=O) groups is 2. The molecular weight excluding hydrogens is 383 g/mol. The maximum Gasteiger partial charge on any atom is 0.282 e. The van der Waals surface area contributed by atoms with Crippen molar-refractivity contribution in [2.75, 3.05) is 18.0 Å². The van der Waals surface area contributed by atoms with Crippen molar-refractivity contribution < 1.29 is 9.59 Å². The second-order valence-corrected chi connectivity index (χ2v) is 7.58. The number of nitrogens with zero attached hydrogens (tertiary/aromatic N) is 2. The summed E-state index contributed by atoms with van der Waals surface area (Å²) < 4.78 is 0. The standard InChI is InChI=1S/C21H18Cl2N2O2/c22-15-9-7-14(8-10-15)18-19(24-11-2-1-3-12-24)21(27)25(20(18)26)17-6-4-5-16(23)13-17/h4-10,13H,1-3,11-12H2. The Hall–Kier alpha value is -2.30. The van der Waals surface area contributed by atoms with Crippen LogP contribution in [0.3, 0.4) is 0 Å². The van der Waals surface area contributed by atoms with E-state index >= 15 is 0 Å². The molecule has 4 nitrogen and oxygen atoms in total. The normalized spacial score (nSPS) is 17.9. The van der Waals surface area contributed by atoms with E-state index in [0.29, 0.717) is 32.6 Å². The number of hydrogen-bond donors (Lipinski definition) is 0. The van der Waals surface area contributed by atoms with E-state index in [0.717, 1.165) is 32.4 Å². The molecule has 0 bridgehead atoms. The molecule has 1 saturated heterocycles. The Labute approximate surface area is 168 Å². The summed E-state index contributed by atoms with van der Waals surface area (Å²) in [6.45, 7) is 1.55. The fraction of sp³-hybridized carbons (Fsp3) is 0.238. The van der Waals surface area contributed by atoms with Gasteiger partial charge in [-0.1, -0.05) is 41.4 Å². The molecule has 138 valence electrons. The van der Waals surface area contributed by atoms with E-state index in [1.54, 1.807) is 48.5 Å². The summed E-state index contributed by atoms with van der Waals surface area (Å²) in [5.74, 6) is -0.626. The van der Waals surface area contributed by atoms with Gasteiger partial charge in [-0.05, 0) is 55.2 Å². The molecule has 2 aliphatic rings. The molecular formula is C21H18Cl2N2O2. The smallest absolute Gasteiger partial charge is 0.282 e. The van der Waals surface area contributed by atoms with Gasteiger partial charge in [-0.25, -0.2) is 4.90 Å². The van der Waals surface area contributed by atoms with Crippen LogP contribution in [0.2, 0.25) is 10.0 Å². The van der Waals surface area contributed by atoms with E-state index in [1.807, 2.05) is 4.90 Å². The SMILES string of the molecule is O=C1C(c2ccc(Cl)cc2)=C(N2CCCCC2)C(=O)N1c1cccc(Cl)c1. The molecule has 0 saturated carbocycles. The number of piperidine rings is 1. The summed E-state index contributed by atoms with van der Waals surface area (Å²) in [6.07, 6.45) is 3.16. The fourth-order valence-electron chi connectivity index (χ4n) is 3.66. The molecule has 0 atom stereocenters. The number of amides is 2. The Morgan fingerprint density at radius 2 is 1.48 bits per heavy atom. The molecule has 0 N–H and O–H groups in total. The van der Waals surface area contributed by atoms with Gasteiger partial charge in [0.2, 0.25) is 0 Å². The van der Waals surface area contributed by atoms with Crippen LogP contribution in [-0.4, -0.2) is 29.8 Å². The van der Waals surface area contributed by atoms with Gasteiger partial charge in [0.25, 0.3) is 11.8 Å². The maximum absolute atomic E-state index is 13.3. The topological polar surface area (TPSA) is 40.6 Å². The highest BCUT2D eigenvalue weighted by Crippen LogP contribution is 2.36. The highest BCUT2D eigenvalue weighted by Gasteiger charge is 2.42. The van der Waals surface area contributed by atoms with E-state index in [2.05, 4.69) is 0 Å². The van der Waals surface area contributed by atoms with Crippen LogP contribution in [0, 0.1) is 0 Å². The average Bonchev–Trinajstić information content (AvgIpc) is 2.93. The summed E-state index contributed by atoms with van der Waals surface area (Å²) in [5, 5.41) is 1.06. The molecule has 27 heavy (non-hydrogen) atoms. The number of rotatable bonds is 3. The first-order chi connectivity index (χ1) is 13.1. The van der Waals surface area contributed by atoms with Crippen LogP contribution >= 0.6 is 23.2 Å². The minimum Gasteiger partial charge on any atom is -0.366 e. The molecule has 0 spiro atoms. The van der Waals surface area contributed by atoms with E-state index in [1.165, 1.54) is 4.90 Å². The van der Waals surface area contributed by atoms with Gasteiger partial charge in [0.15, 0.2) is 0 Å². The van der Waals surface area contributed by atoms with Crippen molar-refractivity contribution in [2.45, 2.75) is 19.3 Å². The minimum atomic E-state index is -0.329. The molecule has 2 amide bonds. The molecule has 0 radical (unpaired) electrons. The van der Waals surface area contributed by atoms with Crippen molar-refractivity contribution in [3.8, 4) is 0 Å². The van der Waals surface area contributed by atoms with Crippen molar-refractivity contribution in [2.24, 2.45) is 0 Å². The molecule has 2 aliphatic heterocycles. The molecule has 6 heteroatoms. The molecule has 0 aromatic heterocycles. The quantitative estimate of drug-likeness (QED) is 0.697. The van der Waals surface area contributed by atoms with E-state index in [-0.39, 0.29) is 11.8 Å². The van der Waals surface area contributed by atoms with Crippen molar-refractivity contribution >= 4 is 46.3 Å². The Morgan fingerprint density at radius 3 is 2.15 bits per heavy atom. The highest BCUT2D eigenvalue weighted by molar-refractivity contribution is 6.45. The number of hydrogen-bond acceptors (Lipinski definition) is 3. The third-order valence-corrected chi connectivity index (χ3v) is 5.42. The third-order valence-electron chi connectivity index (χ3n) is 4.93. The zero-order valence-corrected chi connectivity index (χ0v) is 16.1. The third kappa shape index (κ3) is 3.35. The number of halogens is 2. The van der Waals surface area contributed by atoms with Gasteiger partial charge in [-0.15, -0.1) is 0 Å². The summed E-state index contributed by atoms with van der Waals surface area (Å²) in [6, 6.07) is 13.8. The molecule has 1 fully saturated rings. The first kappa shape index (κ1) is 18.1. The lowest BCUT2D eigenvalue weighted by Gasteiger charge is -2.29. The summed E-state index contributed by atoms with van der Waals surface area (Å²) in [7, 11) is 0. The predicted octanol–water partition coefficient (Wildman–Crippen LogP) is 4.76. The van der Waals surface area contributed by atoms with Gasteiger partial charge in [-0.3, -0.25) is 9.59 Å². The zero-order valence-electron chi connectivity index (χ0n) is 14.6. The Kier molecular flexibility index (Phi) is 4.94. The predicted molar refractivity (Wildman–Crippen MR) is 108 cm³/mol. The first-order valence-corrected chi connectivity index (χ1v) is 9.71. The van der Waals surface area contributed by atoms with Crippen molar-refractivity contribution in [3.63, 3.8) is 0 Å². The Balaban J connectivity index is 1.83. The summed E-state index contributed by atoms with van der Waals surface area (Å²) in [5.41, 5.74) is 2.08. The summed E-state index contributed by atoms with van der Waals surface area (Å²) >= 11 is 12.1. The molecule has 0 aliphatic carbocycles. The number of anilines is 1. The van der Waals surface area contributed by atoms with Crippen LogP contribution < -0.4 is 4.90 Å². The number of likely N-dealkylation sites (tertiary alicyclic amines) is 1. The first-order valence-electron chi connectivity index (χ1n) is 8.96. The minimum absolute atomic E-state index is 0.297. The highest BCUT2D eigenvalue weighted by atomic mass is 35.5. The van der Waals surface area contributed by atoms with E-state index < -0.39 is 0 Å². The van der Waals surface area contributed by atoms with Crippen molar-refractivity contribution in [1.82, 2.24) is 4.90 Å². The van der Waals surface area contributed by atoms with Crippen LogP contribution in [0.15, 0.2) is 54.2 Å². The van der Waals surface area contributed by atoms with Gasteiger partial charge >= 0.3 is 0 Å². The van der Waals surface area contributed by atoms with Crippen LogP contribution in [0.25, 0.3) is 5.57 Å². The van der Waals surface area contributed by atoms with E-state index in [9.17, 15) is 9.59 Å². The van der Waals surface area contributed by atoms with Gasteiger partial charge in [0.05, 0.1) is 11.3 Å².